The first-order valence-corrected chi connectivity index (χ1v) is 14.1. The van der Waals surface area contributed by atoms with Crippen molar-refractivity contribution in [2.75, 3.05) is 13.2 Å². The number of carbonyl (C=O) groups excluding carboxylic acids is 3. The van der Waals surface area contributed by atoms with Crippen molar-refractivity contribution < 1.29 is 52.7 Å². The number of aliphatic carboxylic acids is 1. The molecular weight excluding hydrogens is 550 g/mol. The molecule has 0 bridgehead atoms. The molecule has 0 radical (unpaired) electrons. The molecule has 0 aliphatic carbocycles. The Labute approximate surface area is 248 Å². The Morgan fingerprint density at radius 3 is 1.83 bits per heavy atom. The van der Waals surface area contributed by atoms with Crippen LogP contribution in [0.3, 0.4) is 0 Å². The van der Waals surface area contributed by atoms with E-state index in [1.165, 1.54) is 18.2 Å². The third kappa shape index (κ3) is 12.5. The van der Waals surface area contributed by atoms with Crippen LogP contribution in [0.1, 0.15) is 93.1 Å². The highest BCUT2D eigenvalue weighted by Gasteiger charge is 2.33. The number of carboxylic acid groups (broad SMARTS) is 1. The van der Waals surface area contributed by atoms with Gasteiger partial charge >= 0.3 is 24.4 Å². The number of benzene rings is 1. The van der Waals surface area contributed by atoms with E-state index < -0.39 is 53.5 Å². The van der Waals surface area contributed by atoms with Gasteiger partial charge in [-0.3, -0.25) is 4.79 Å². The number of carbonyl (C=O) groups is 4. The van der Waals surface area contributed by atoms with Crippen LogP contribution in [0.5, 0.6) is 11.5 Å². The monoisotopic (exact) mass is 597 g/mol. The minimum absolute atomic E-state index is 0.165. The normalized spacial score (nSPS) is 13.9. The van der Waals surface area contributed by atoms with Gasteiger partial charge in [0.2, 0.25) is 0 Å². The van der Waals surface area contributed by atoms with E-state index in [4.69, 9.17) is 34.2 Å². The van der Waals surface area contributed by atoms with Crippen LogP contribution in [-0.4, -0.2) is 60.0 Å². The van der Waals surface area contributed by atoms with Crippen molar-refractivity contribution in [3.63, 3.8) is 0 Å². The fourth-order valence-corrected chi connectivity index (χ4v) is 3.48. The number of nitrogens with two attached hydrogens (primary N) is 1. The van der Waals surface area contributed by atoms with E-state index in [1.807, 2.05) is 27.7 Å². The minimum Gasteiger partial charge on any atom is -0.480 e. The van der Waals surface area contributed by atoms with Gasteiger partial charge in [-0.15, -0.1) is 0 Å². The molecule has 3 N–H and O–H groups in total. The van der Waals surface area contributed by atoms with Gasteiger partial charge in [0, 0.05) is 5.92 Å². The predicted octanol–water partition coefficient (Wildman–Crippen LogP) is 6.43. The van der Waals surface area contributed by atoms with Crippen LogP contribution in [0.25, 0.3) is 0 Å². The maximum absolute atomic E-state index is 12.7. The van der Waals surface area contributed by atoms with E-state index in [1.54, 1.807) is 34.6 Å². The number of rotatable bonds is 15. The molecular formula is C30H47NO11. The summed E-state index contributed by atoms with van der Waals surface area (Å²) in [5.74, 6) is -2.89. The van der Waals surface area contributed by atoms with Gasteiger partial charge in [0.1, 0.15) is 17.2 Å². The number of hydrogen-bond donors (Lipinski definition) is 2. The first-order chi connectivity index (χ1) is 19.4. The van der Waals surface area contributed by atoms with Crippen LogP contribution in [0.4, 0.5) is 14.4 Å². The highest BCUT2D eigenvalue weighted by Crippen LogP contribution is 2.36. The minimum atomic E-state index is -1.43. The molecule has 0 aliphatic heterocycles. The largest absolute Gasteiger partial charge is 0.514 e. The van der Waals surface area contributed by atoms with Crippen LogP contribution >= 0.6 is 0 Å². The van der Waals surface area contributed by atoms with Crippen molar-refractivity contribution in [1.29, 1.82) is 0 Å². The topological polar surface area (TPSA) is 170 Å². The molecule has 1 aromatic rings. The molecule has 12 heteroatoms. The molecule has 0 saturated heterocycles. The van der Waals surface area contributed by atoms with Crippen LogP contribution in [0.15, 0.2) is 18.2 Å². The van der Waals surface area contributed by atoms with Gasteiger partial charge in [-0.05, 0) is 76.5 Å². The molecule has 0 spiro atoms. The molecule has 0 aromatic heterocycles. The zero-order chi connectivity index (χ0) is 32.3. The smallest absolute Gasteiger partial charge is 0.480 e. The summed E-state index contributed by atoms with van der Waals surface area (Å²) >= 11 is 0. The van der Waals surface area contributed by atoms with Crippen molar-refractivity contribution in [3.8, 4) is 11.5 Å². The molecule has 0 aliphatic rings. The van der Waals surface area contributed by atoms with Gasteiger partial charge in [-0.25, -0.2) is 14.4 Å². The van der Waals surface area contributed by atoms with Crippen molar-refractivity contribution >= 4 is 24.4 Å². The summed E-state index contributed by atoms with van der Waals surface area (Å²) in [6.45, 7) is 16.1. The Balaban J connectivity index is 3.36. The lowest BCUT2D eigenvalue weighted by Crippen LogP contribution is -2.40. The molecule has 0 amide bonds. The molecule has 0 saturated carbocycles. The number of hydrogen-bond acceptors (Lipinski definition) is 11. The van der Waals surface area contributed by atoms with Crippen molar-refractivity contribution in [2.24, 2.45) is 17.6 Å². The standard InChI is InChI=1S/C30H47NO11/c1-10-29(6,7)41-27(35)39-21-13-12-20(16-22(21)40-28(36)42-30(8,9)11-2)23(24(31)25(32)33)19(5)17-38-26(34)37-15-14-18(3)4/h12-13,16,18-19,23-24H,10-11,14-15,17,31H2,1-9H3,(H,32,33)/t19?,23?,24-/m0/s1. The van der Waals surface area contributed by atoms with E-state index in [0.29, 0.717) is 30.7 Å². The van der Waals surface area contributed by atoms with Gasteiger partial charge in [-0.2, -0.15) is 0 Å². The van der Waals surface area contributed by atoms with Gasteiger partial charge in [0.05, 0.1) is 13.2 Å². The van der Waals surface area contributed by atoms with E-state index in [0.717, 1.165) is 0 Å². The molecule has 42 heavy (non-hydrogen) atoms. The van der Waals surface area contributed by atoms with Crippen molar-refractivity contribution in [2.45, 2.75) is 105 Å². The quantitative estimate of drug-likeness (QED) is 0.129. The van der Waals surface area contributed by atoms with E-state index in [2.05, 4.69) is 0 Å². The zero-order valence-corrected chi connectivity index (χ0v) is 26.2. The lowest BCUT2D eigenvalue weighted by molar-refractivity contribution is -0.139. The summed E-state index contributed by atoms with van der Waals surface area (Å²) < 4.78 is 31.8. The summed E-state index contributed by atoms with van der Waals surface area (Å²) in [6.07, 6.45) is -1.30. The average molecular weight is 598 g/mol. The van der Waals surface area contributed by atoms with E-state index in [9.17, 15) is 24.3 Å². The van der Waals surface area contributed by atoms with Crippen LogP contribution < -0.4 is 15.2 Å². The average Bonchev–Trinajstić information content (AvgIpc) is 2.88. The zero-order valence-electron chi connectivity index (χ0n) is 26.2. The summed E-state index contributed by atoms with van der Waals surface area (Å²) in [7, 11) is 0. The fraction of sp³-hybridized carbons (Fsp3) is 0.667. The Hall–Kier alpha value is -3.54. The van der Waals surface area contributed by atoms with Gasteiger partial charge < -0.3 is 39.3 Å². The second kappa shape index (κ2) is 16.2. The number of ether oxygens (including phenoxy) is 6. The van der Waals surface area contributed by atoms with Gasteiger partial charge in [0.25, 0.3) is 0 Å². The highest BCUT2D eigenvalue weighted by molar-refractivity contribution is 5.75. The third-order valence-corrected chi connectivity index (χ3v) is 6.83. The fourth-order valence-electron chi connectivity index (χ4n) is 3.48. The third-order valence-electron chi connectivity index (χ3n) is 6.83. The molecule has 2 unspecified atom stereocenters. The SMILES string of the molecule is CCC(C)(C)OC(=O)Oc1ccc(C(C(C)COC(=O)OCCC(C)C)[C@H](N)C(=O)O)cc1OC(=O)OC(C)(C)CC. The first kappa shape index (κ1) is 36.5. The van der Waals surface area contributed by atoms with Crippen molar-refractivity contribution in [1.82, 2.24) is 0 Å². The van der Waals surface area contributed by atoms with E-state index in [-0.39, 0.29) is 24.7 Å². The Bertz CT molecular complexity index is 1070. The lowest BCUT2D eigenvalue weighted by atomic mass is 9.82. The first-order valence-electron chi connectivity index (χ1n) is 14.1. The van der Waals surface area contributed by atoms with Crippen LogP contribution in [0.2, 0.25) is 0 Å². The van der Waals surface area contributed by atoms with Crippen LogP contribution in [0, 0.1) is 11.8 Å². The second-order valence-corrected chi connectivity index (χ2v) is 11.8. The lowest BCUT2D eigenvalue weighted by Gasteiger charge is -2.28. The molecule has 3 atom stereocenters. The van der Waals surface area contributed by atoms with Crippen molar-refractivity contribution in [3.05, 3.63) is 23.8 Å². The Morgan fingerprint density at radius 1 is 0.833 bits per heavy atom. The molecule has 0 fully saturated rings. The maximum atomic E-state index is 12.7. The van der Waals surface area contributed by atoms with Gasteiger partial charge in [0.15, 0.2) is 11.5 Å². The van der Waals surface area contributed by atoms with Crippen LogP contribution in [-0.2, 0) is 23.7 Å². The Kier molecular flexibility index (Phi) is 14.1. The molecule has 12 nitrogen and oxygen atoms in total. The summed E-state index contributed by atoms with van der Waals surface area (Å²) in [5.41, 5.74) is 4.72. The summed E-state index contributed by atoms with van der Waals surface area (Å²) in [6, 6.07) is 2.71. The molecule has 1 aromatic carbocycles. The highest BCUT2D eigenvalue weighted by atomic mass is 16.8. The maximum Gasteiger partial charge on any atom is 0.514 e. The Morgan fingerprint density at radius 2 is 1.36 bits per heavy atom. The number of carboxylic acids is 1. The molecule has 238 valence electrons. The van der Waals surface area contributed by atoms with Gasteiger partial charge in [-0.1, -0.05) is 40.7 Å². The predicted molar refractivity (Wildman–Crippen MR) is 154 cm³/mol. The van der Waals surface area contributed by atoms with E-state index >= 15 is 0 Å². The summed E-state index contributed by atoms with van der Waals surface area (Å²) in [4.78, 5) is 49.2. The molecule has 1 rings (SSSR count). The second-order valence-electron chi connectivity index (χ2n) is 11.8. The molecule has 0 heterocycles. The summed E-state index contributed by atoms with van der Waals surface area (Å²) in [5, 5.41) is 9.73.